The van der Waals surface area contributed by atoms with E-state index in [1.807, 2.05) is 13.8 Å². The van der Waals surface area contributed by atoms with E-state index in [2.05, 4.69) is 25.7 Å². The normalized spacial score (nSPS) is 10.9. The summed E-state index contributed by atoms with van der Waals surface area (Å²) in [5, 5.41) is 9.77. The van der Waals surface area contributed by atoms with E-state index in [1.54, 1.807) is 40.9 Å². The van der Waals surface area contributed by atoms with Gasteiger partial charge in [-0.15, -0.1) is 0 Å². The number of aromatic nitrogens is 4. The molecule has 0 aliphatic heterocycles. The molecule has 0 aliphatic carbocycles. The van der Waals surface area contributed by atoms with Crippen molar-refractivity contribution in [2.24, 2.45) is 0 Å². The summed E-state index contributed by atoms with van der Waals surface area (Å²) < 4.78 is 6.75. The number of benzene rings is 1. The van der Waals surface area contributed by atoms with Crippen molar-refractivity contribution in [3.05, 3.63) is 71.7 Å². The fraction of sp³-hybridized carbons (Fsp3) is 0.190. The molecular weight excluding hydrogens is 384 g/mol. The molecule has 1 aromatic carbocycles. The van der Waals surface area contributed by atoms with Crippen molar-refractivity contribution in [1.29, 1.82) is 0 Å². The van der Waals surface area contributed by atoms with Crippen LogP contribution in [-0.2, 0) is 11.2 Å². The van der Waals surface area contributed by atoms with Crippen molar-refractivity contribution in [1.82, 2.24) is 19.6 Å². The van der Waals surface area contributed by atoms with Crippen LogP contribution in [0.4, 0.5) is 11.4 Å². The number of furan rings is 1. The Bertz CT molecular complexity index is 1210. The monoisotopic (exact) mass is 404 g/mol. The van der Waals surface area contributed by atoms with Crippen molar-refractivity contribution >= 4 is 29.0 Å². The summed E-state index contributed by atoms with van der Waals surface area (Å²) in [7, 11) is 0. The van der Waals surface area contributed by atoms with Crippen LogP contribution in [-0.4, -0.2) is 31.4 Å². The van der Waals surface area contributed by atoms with Crippen LogP contribution in [0.5, 0.6) is 0 Å². The lowest BCUT2D eigenvalue weighted by molar-refractivity contribution is -0.116. The molecule has 9 nitrogen and oxygen atoms in total. The van der Waals surface area contributed by atoms with Gasteiger partial charge in [0, 0.05) is 29.2 Å². The lowest BCUT2D eigenvalue weighted by Gasteiger charge is -2.11. The zero-order valence-electron chi connectivity index (χ0n) is 16.5. The van der Waals surface area contributed by atoms with Gasteiger partial charge in [0.05, 0.1) is 6.26 Å². The van der Waals surface area contributed by atoms with Crippen LogP contribution in [0.25, 0.3) is 5.78 Å². The zero-order valence-corrected chi connectivity index (χ0v) is 16.5. The van der Waals surface area contributed by atoms with Crippen molar-refractivity contribution in [3.63, 3.8) is 0 Å². The molecule has 0 atom stereocenters. The molecule has 3 aromatic heterocycles. The van der Waals surface area contributed by atoms with Gasteiger partial charge in [-0.25, -0.2) is 9.50 Å². The van der Waals surface area contributed by atoms with Crippen molar-refractivity contribution in [2.75, 3.05) is 10.6 Å². The number of amides is 2. The number of aryl methyl sites for hydroxylation is 2. The lowest BCUT2D eigenvalue weighted by atomic mass is 10.1. The second-order valence-electron chi connectivity index (χ2n) is 6.79. The fourth-order valence-electron chi connectivity index (χ4n) is 3.25. The molecular formula is C21H20N6O3. The number of hydrogen-bond donors (Lipinski definition) is 2. The highest BCUT2D eigenvalue weighted by Crippen LogP contribution is 2.18. The first kappa shape index (κ1) is 19.3. The molecule has 0 aliphatic rings. The number of rotatable bonds is 6. The Kier molecular flexibility index (Phi) is 5.25. The molecule has 0 radical (unpaired) electrons. The highest BCUT2D eigenvalue weighted by atomic mass is 16.3. The smallest absolute Gasteiger partial charge is 0.291 e. The van der Waals surface area contributed by atoms with Crippen LogP contribution in [0.1, 0.15) is 33.9 Å². The van der Waals surface area contributed by atoms with E-state index < -0.39 is 0 Å². The quantitative estimate of drug-likeness (QED) is 0.510. The molecule has 4 rings (SSSR count). The predicted molar refractivity (Wildman–Crippen MR) is 110 cm³/mol. The summed E-state index contributed by atoms with van der Waals surface area (Å²) in [6.45, 7) is 3.84. The Morgan fingerprint density at radius 3 is 2.67 bits per heavy atom. The van der Waals surface area contributed by atoms with E-state index in [0.717, 1.165) is 17.0 Å². The number of nitrogens with one attached hydrogen (secondary N) is 2. The molecule has 0 saturated carbocycles. The first-order valence-electron chi connectivity index (χ1n) is 9.42. The molecule has 3 heterocycles. The second kappa shape index (κ2) is 8.16. The predicted octanol–water partition coefficient (Wildman–Crippen LogP) is 3.16. The first-order chi connectivity index (χ1) is 14.5. The summed E-state index contributed by atoms with van der Waals surface area (Å²) in [6.07, 6.45) is 3.71. The van der Waals surface area contributed by atoms with Gasteiger partial charge in [0.2, 0.25) is 5.91 Å². The SMILES string of the molecule is Cc1nc2ncnn2c(C)c1CCC(=O)Nc1cccc(NC(=O)c2ccco2)c1. The van der Waals surface area contributed by atoms with E-state index in [0.29, 0.717) is 23.6 Å². The van der Waals surface area contributed by atoms with Gasteiger partial charge < -0.3 is 15.1 Å². The van der Waals surface area contributed by atoms with Crippen LogP contribution in [0.3, 0.4) is 0 Å². The molecule has 4 aromatic rings. The summed E-state index contributed by atoms with van der Waals surface area (Å²) in [4.78, 5) is 33.1. The van der Waals surface area contributed by atoms with Gasteiger partial charge >= 0.3 is 0 Å². The topological polar surface area (TPSA) is 114 Å². The van der Waals surface area contributed by atoms with Crippen molar-refractivity contribution < 1.29 is 14.0 Å². The summed E-state index contributed by atoms with van der Waals surface area (Å²) in [6, 6.07) is 10.2. The molecule has 0 fully saturated rings. The molecule has 2 N–H and O–H groups in total. The highest BCUT2D eigenvalue weighted by molar-refractivity contribution is 6.02. The standard InChI is InChI=1S/C21H20N6O3/c1-13-17(14(2)27-21(24-13)22-12-23-27)8-9-19(28)25-15-5-3-6-16(11-15)26-20(29)18-7-4-10-30-18/h3-7,10-12H,8-9H2,1-2H3,(H,25,28)(H,26,29). The average Bonchev–Trinajstić information content (AvgIpc) is 3.40. The van der Waals surface area contributed by atoms with Crippen molar-refractivity contribution in [2.45, 2.75) is 26.7 Å². The van der Waals surface area contributed by atoms with E-state index in [-0.39, 0.29) is 24.0 Å². The molecule has 0 saturated heterocycles. The average molecular weight is 404 g/mol. The number of fused-ring (bicyclic) bond motifs is 1. The minimum atomic E-state index is -0.356. The number of anilines is 2. The third-order valence-electron chi connectivity index (χ3n) is 4.74. The van der Waals surface area contributed by atoms with E-state index >= 15 is 0 Å². The molecule has 0 bridgehead atoms. The highest BCUT2D eigenvalue weighted by Gasteiger charge is 2.13. The molecule has 30 heavy (non-hydrogen) atoms. The minimum Gasteiger partial charge on any atom is -0.459 e. The van der Waals surface area contributed by atoms with E-state index in [4.69, 9.17) is 4.42 Å². The van der Waals surface area contributed by atoms with Crippen LogP contribution in [0, 0.1) is 13.8 Å². The first-order valence-corrected chi connectivity index (χ1v) is 9.42. The fourth-order valence-corrected chi connectivity index (χ4v) is 3.25. The number of hydrogen-bond acceptors (Lipinski definition) is 6. The van der Waals surface area contributed by atoms with Crippen LogP contribution < -0.4 is 10.6 Å². The van der Waals surface area contributed by atoms with Crippen LogP contribution >= 0.6 is 0 Å². The number of carbonyl (C=O) groups excluding carboxylic acids is 2. The number of carbonyl (C=O) groups is 2. The molecule has 152 valence electrons. The third-order valence-corrected chi connectivity index (χ3v) is 4.74. The van der Waals surface area contributed by atoms with Gasteiger partial charge in [-0.2, -0.15) is 10.1 Å². The Morgan fingerprint density at radius 1 is 1.10 bits per heavy atom. The van der Waals surface area contributed by atoms with Crippen LogP contribution in [0.15, 0.2) is 53.4 Å². The van der Waals surface area contributed by atoms with E-state index in [1.165, 1.54) is 12.6 Å². The molecule has 2 amide bonds. The Balaban J connectivity index is 1.39. The lowest BCUT2D eigenvalue weighted by Crippen LogP contribution is -2.15. The number of nitrogens with zero attached hydrogens (tertiary/aromatic N) is 4. The molecule has 9 heteroatoms. The second-order valence-corrected chi connectivity index (χ2v) is 6.79. The van der Waals surface area contributed by atoms with Gasteiger partial charge in [0.25, 0.3) is 11.7 Å². The summed E-state index contributed by atoms with van der Waals surface area (Å²) in [5.74, 6) is 0.271. The van der Waals surface area contributed by atoms with E-state index in [9.17, 15) is 9.59 Å². The summed E-state index contributed by atoms with van der Waals surface area (Å²) >= 11 is 0. The largest absolute Gasteiger partial charge is 0.459 e. The maximum atomic E-state index is 12.5. The zero-order chi connectivity index (χ0) is 21.1. The van der Waals surface area contributed by atoms with Gasteiger partial charge in [-0.3, -0.25) is 9.59 Å². The maximum Gasteiger partial charge on any atom is 0.291 e. The maximum absolute atomic E-state index is 12.5. The molecule has 0 unspecified atom stereocenters. The Labute approximate surface area is 172 Å². The van der Waals surface area contributed by atoms with Gasteiger partial charge in [0.15, 0.2) is 5.76 Å². The molecule has 0 spiro atoms. The van der Waals surface area contributed by atoms with Crippen LogP contribution in [0.2, 0.25) is 0 Å². The van der Waals surface area contributed by atoms with Gasteiger partial charge in [-0.05, 0) is 56.2 Å². The minimum absolute atomic E-state index is 0.137. The third kappa shape index (κ3) is 4.04. The van der Waals surface area contributed by atoms with Crippen molar-refractivity contribution in [3.8, 4) is 0 Å². The Hall–Kier alpha value is -4.01. The van der Waals surface area contributed by atoms with Gasteiger partial charge in [0.1, 0.15) is 6.33 Å². The Morgan fingerprint density at radius 2 is 1.90 bits per heavy atom. The summed E-state index contributed by atoms with van der Waals surface area (Å²) in [5.41, 5.74) is 3.88. The van der Waals surface area contributed by atoms with Gasteiger partial charge in [-0.1, -0.05) is 6.07 Å².